The molecular weight excluding hydrogens is 614 g/mol. The Kier molecular flexibility index (Phi) is 6.03. The number of carbonyl (C=O) groups excluding carboxylic acids is 2. The van der Waals surface area contributed by atoms with Crippen molar-refractivity contribution in [3.05, 3.63) is 104 Å². The SMILES string of the molecule is O=C1[C@H]2[C@@H](c3ccc(-c4ccc(Cl)cc4Cl)o3)N(c3ccccc3)O[C@H]2C(=O)N1c1ccccc1I. The lowest BCUT2D eigenvalue weighted by Gasteiger charge is -2.27. The molecule has 180 valence electrons. The highest BCUT2D eigenvalue weighted by Gasteiger charge is 2.61. The molecule has 3 heterocycles. The molecule has 2 amide bonds. The zero-order valence-corrected chi connectivity index (χ0v) is 22.1. The molecule has 1 aromatic heterocycles. The predicted molar refractivity (Wildman–Crippen MR) is 146 cm³/mol. The Bertz CT molecular complexity index is 1490. The second-order valence-electron chi connectivity index (χ2n) is 8.45. The van der Waals surface area contributed by atoms with Gasteiger partial charge in [-0.05, 0) is 77.2 Å². The molecule has 2 aliphatic heterocycles. The Balaban J connectivity index is 1.44. The molecule has 3 atom stereocenters. The second-order valence-corrected chi connectivity index (χ2v) is 10.5. The highest BCUT2D eigenvalue weighted by molar-refractivity contribution is 14.1. The number of furan rings is 1. The van der Waals surface area contributed by atoms with Crippen LogP contribution in [-0.4, -0.2) is 17.9 Å². The summed E-state index contributed by atoms with van der Waals surface area (Å²) in [6.45, 7) is 0. The Morgan fingerprint density at radius 1 is 0.833 bits per heavy atom. The van der Waals surface area contributed by atoms with E-state index in [1.54, 1.807) is 47.5 Å². The standard InChI is InChI=1S/C27H17Cl2IN2O4/c28-15-10-11-17(18(29)14-15)21-12-13-22(35-21)24-23-25(36-32(24)16-6-2-1-3-7-16)27(34)31(26(23)33)20-9-5-4-8-19(20)30/h1-14,23-25H/t23-,24+,25+/m0/s1. The first-order chi connectivity index (χ1) is 17.4. The van der Waals surface area contributed by atoms with Crippen molar-refractivity contribution >= 4 is 69.0 Å². The van der Waals surface area contributed by atoms with Crippen LogP contribution in [0.15, 0.2) is 89.3 Å². The average Bonchev–Trinajstić information content (AvgIpc) is 3.56. The summed E-state index contributed by atoms with van der Waals surface area (Å²) in [6.07, 6.45) is -0.980. The van der Waals surface area contributed by atoms with Gasteiger partial charge in [-0.15, -0.1) is 0 Å². The van der Waals surface area contributed by atoms with Crippen LogP contribution < -0.4 is 9.96 Å². The van der Waals surface area contributed by atoms with Crippen LogP contribution in [0.4, 0.5) is 11.4 Å². The maximum Gasteiger partial charge on any atom is 0.266 e. The van der Waals surface area contributed by atoms with E-state index in [-0.39, 0.29) is 5.91 Å². The molecule has 0 radical (unpaired) electrons. The molecule has 0 aliphatic carbocycles. The van der Waals surface area contributed by atoms with E-state index in [0.717, 1.165) is 3.57 Å². The number of benzene rings is 3. The monoisotopic (exact) mass is 630 g/mol. The van der Waals surface area contributed by atoms with E-state index in [0.29, 0.717) is 38.5 Å². The van der Waals surface area contributed by atoms with Crippen LogP contribution in [0.2, 0.25) is 10.0 Å². The van der Waals surface area contributed by atoms with Gasteiger partial charge in [-0.1, -0.05) is 53.5 Å². The summed E-state index contributed by atoms with van der Waals surface area (Å²) in [4.78, 5) is 34.7. The minimum absolute atomic E-state index is 0.333. The van der Waals surface area contributed by atoms with E-state index in [1.165, 1.54) is 4.90 Å². The van der Waals surface area contributed by atoms with Crippen molar-refractivity contribution in [1.29, 1.82) is 0 Å². The number of hydrogen-bond donors (Lipinski definition) is 0. The number of imide groups is 1. The van der Waals surface area contributed by atoms with Crippen LogP contribution in [-0.2, 0) is 14.4 Å². The van der Waals surface area contributed by atoms with E-state index in [4.69, 9.17) is 32.5 Å². The minimum Gasteiger partial charge on any atom is -0.459 e. The largest absolute Gasteiger partial charge is 0.459 e. The normalized spacial score (nSPS) is 21.4. The topological polar surface area (TPSA) is 63.0 Å². The van der Waals surface area contributed by atoms with Crippen molar-refractivity contribution in [2.45, 2.75) is 12.1 Å². The molecule has 6 nitrogen and oxygen atoms in total. The zero-order chi connectivity index (χ0) is 25.0. The van der Waals surface area contributed by atoms with Gasteiger partial charge in [0.25, 0.3) is 5.91 Å². The average molecular weight is 631 g/mol. The Hall–Kier alpha value is -2.85. The number of halogens is 3. The first kappa shape index (κ1) is 23.5. The summed E-state index contributed by atoms with van der Waals surface area (Å²) in [6, 6.07) is 24.7. The molecule has 36 heavy (non-hydrogen) atoms. The summed E-state index contributed by atoms with van der Waals surface area (Å²) >= 11 is 14.6. The van der Waals surface area contributed by atoms with Crippen molar-refractivity contribution in [2.24, 2.45) is 5.92 Å². The number of hydroxylamine groups is 1. The fourth-order valence-corrected chi connectivity index (χ4v) is 5.85. The van der Waals surface area contributed by atoms with Crippen molar-refractivity contribution < 1.29 is 18.8 Å². The highest BCUT2D eigenvalue weighted by Crippen LogP contribution is 2.49. The van der Waals surface area contributed by atoms with Crippen LogP contribution >= 0.6 is 45.8 Å². The molecule has 9 heteroatoms. The minimum atomic E-state index is -0.980. The van der Waals surface area contributed by atoms with Gasteiger partial charge >= 0.3 is 0 Å². The summed E-state index contributed by atoms with van der Waals surface area (Å²) in [5.41, 5.74) is 1.92. The molecule has 0 spiro atoms. The van der Waals surface area contributed by atoms with E-state index in [1.807, 2.05) is 42.5 Å². The zero-order valence-electron chi connectivity index (χ0n) is 18.5. The van der Waals surface area contributed by atoms with Crippen LogP contribution in [0.3, 0.4) is 0 Å². The third-order valence-electron chi connectivity index (χ3n) is 6.33. The molecule has 3 aromatic carbocycles. The number of fused-ring (bicyclic) bond motifs is 1. The summed E-state index contributed by atoms with van der Waals surface area (Å²) in [7, 11) is 0. The number of carbonyl (C=O) groups is 2. The Morgan fingerprint density at radius 2 is 1.58 bits per heavy atom. The van der Waals surface area contributed by atoms with Gasteiger partial charge in [0, 0.05) is 14.2 Å². The van der Waals surface area contributed by atoms with Crippen LogP contribution in [0.25, 0.3) is 11.3 Å². The number of anilines is 2. The smallest absolute Gasteiger partial charge is 0.266 e. The molecule has 6 rings (SSSR count). The van der Waals surface area contributed by atoms with Crippen molar-refractivity contribution in [1.82, 2.24) is 0 Å². The Labute approximate surface area is 230 Å². The number of amides is 2. The van der Waals surface area contributed by atoms with Crippen molar-refractivity contribution in [2.75, 3.05) is 9.96 Å². The molecule has 2 aliphatic rings. The van der Waals surface area contributed by atoms with E-state index >= 15 is 0 Å². The molecule has 0 N–H and O–H groups in total. The molecule has 2 saturated heterocycles. The second kappa shape index (κ2) is 9.23. The van der Waals surface area contributed by atoms with Crippen molar-refractivity contribution in [3.63, 3.8) is 0 Å². The highest BCUT2D eigenvalue weighted by atomic mass is 127. The number of hydrogen-bond acceptors (Lipinski definition) is 5. The van der Waals surface area contributed by atoms with Gasteiger partial charge in [-0.3, -0.25) is 14.4 Å². The lowest BCUT2D eigenvalue weighted by Crippen LogP contribution is -2.37. The molecule has 4 aromatic rings. The van der Waals surface area contributed by atoms with Gasteiger partial charge in [0.05, 0.1) is 16.4 Å². The third-order valence-corrected chi connectivity index (χ3v) is 7.79. The molecular formula is C27H17Cl2IN2O4. The van der Waals surface area contributed by atoms with E-state index < -0.39 is 24.0 Å². The first-order valence-electron chi connectivity index (χ1n) is 11.1. The number of rotatable bonds is 4. The van der Waals surface area contributed by atoms with Gasteiger partial charge in [-0.25, -0.2) is 9.96 Å². The molecule has 0 unspecified atom stereocenters. The van der Waals surface area contributed by atoms with Gasteiger partial charge in [0.15, 0.2) is 6.10 Å². The quantitative estimate of drug-likeness (QED) is 0.181. The van der Waals surface area contributed by atoms with Crippen LogP contribution in [0.1, 0.15) is 11.8 Å². The van der Waals surface area contributed by atoms with Crippen LogP contribution in [0, 0.1) is 9.49 Å². The van der Waals surface area contributed by atoms with Crippen molar-refractivity contribution in [3.8, 4) is 11.3 Å². The van der Waals surface area contributed by atoms with Gasteiger partial charge < -0.3 is 4.42 Å². The summed E-state index contributed by atoms with van der Waals surface area (Å²) in [5.74, 6) is -0.522. The maximum absolute atomic E-state index is 13.8. The third kappa shape index (κ3) is 3.82. The predicted octanol–water partition coefficient (Wildman–Crippen LogP) is 6.91. The lowest BCUT2D eigenvalue weighted by atomic mass is 9.94. The van der Waals surface area contributed by atoms with Gasteiger partial charge in [-0.2, -0.15) is 0 Å². The van der Waals surface area contributed by atoms with E-state index in [2.05, 4.69) is 22.6 Å². The van der Waals surface area contributed by atoms with Gasteiger partial charge in [0.1, 0.15) is 23.5 Å². The molecule has 0 saturated carbocycles. The van der Waals surface area contributed by atoms with Gasteiger partial charge in [0.2, 0.25) is 5.91 Å². The first-order valence-corrected chi connectivity index (χ1v) is 13.0. The molecule has 2 fully saturated rings. The summed E-state index contributed by atoms with van der Waals surface area (Å²) in [5, 5.41) is 2.56. The molecule has 0 bridgehead atoms. The maximum atomic E-state index is 13.8. The lowest BCUT2D eigenvalue weighted by molar-refractivity contribution is -0.126. The Morgan fingerprint density at radius 3 is 2.33 bits per heavy atom. The fraction of sp³-hybridized carbons (Fsp3) is 0.111. The van der Waals surface area contributed by atoms with E-state index in [9.17, 15) is 9.59 Å². The number of para-hydroxylation sites is 2. The van der Waals surface area contributed by atoms with Crippen LogP contribution in [0.5, 0.6) is 0 Å². The fourth-order valence-electron chi connectivity index (χ4n) is 4.72. The summed E-state index contributed by atoms with van der Waals surface area (Å²) < 4.78 is 7.05. The number of nitrogens with zero attached hydrogens (tertiary/aromatic N) is 2.